The Morgan fingerprint density at radius 3 is 2.42 bits per heavy atom. The van der Waals surface area contributed by atoms with Crippen molar-refractivity contribution < 1.29 is 4.79 Å². The smallest absolute Gasteiger partial charge is 0.136 e. The lowest BCUT2D eigenvalue weighted by atomic mass is 9.78. The summed E-state index contributed by atoms with van der Waals surface area (Å²) in [5.41, 5.74) is 0. The van der Waals surface area contributed by atoms with E-state index >= 15 is 0 Å². The molecule has 1 aliphatic carbocycles. The highest BCUT2D eigenvalue weighted by Crippen LogP contribution is 2.30. The highest BCUT2D eigenvalue weighted by Gasteiger charge is 2.23. The third kappa shape index (κ3) is 2.20. The molecule has 1 rings (SSSR count). The van der Waals surface area contributed by atoms with Gasteiger partial charge in [0.05, 0.1) is 0 Å². The Bertz CT molecular complexity index is 166. The molecule has 0 aromatic carbocycles. The van der Waals surface area contributed by atoms with Crippen molar-refractivity contribution in [3.63, 3.8) is 0 Å². The van der Waals surface area contributed by atoms with Gasteiger partial charge in [-0.05, 0) is 25.7 Å². The zero-order chi connectivity index (χ0) is 8.97. The average Bonchev–Trinajstić information content (AvgIpc) is 2.07. The number of carbonyl (C=O) groups is 1. The molecule has 0 aromatic rings. The van der Waals surface area contributed by atoms with Crippen LogP contribution in [0.2, 0.25) is 0 Å². The van der Waals surface area contributed by atoms with Gasteiger partial charge in [-0.3, -0.25) is 4.79 Å². The lowest BCUT2D eigenvalue weighted by molar-refractivity contribution is -0.121. The van der Waals surface area contributed by atoms with E-state index in [1.165, 1.54) is 32.1 Å². The quantitative estimate of drug-likeness (QED) is 0.589. The van der Waals surface area contributed by atoms with Gasteiger partial charge < -0.3 is 0 Å². The normalized spacial score (nSPS) is 21.8. The SMILES string of the molecule is C=C[C@H](C(C)=O)C1CCCCC1. The molecule has 0 amide bonds. The summed E-state index contributed by atoms with van der Waals surface area (Å²) in [4.78, 5) is 11.2. The number of ketones is 1. The Labute approximate surface area is 74.9 Å². The van der Waals surface area contributed by atoms with Gasteiger partial charge in [0.1, 0.15) is 5.78 Å². The second-order valence-corrected chi connectivity index (χ2v) is 3.77. The summed E-state index contributed by atoms with van der Waals surface area (Å²) >= 11 is 0. The van der Waals surface area contributed by atoms with Gasteiger partial charge in [-0.25, -0.2) is 0 Å². The minimum absolute atomic E-state index is 0.130. The lowest BCUT2D eigenvalue weighted by Crippen LogP contribution is -2.21. The van der Waals surface area contributed by atoms with E-state index in [-0.39, 0.29) is 11.7 Å². The first kappa shape index (κ1) is 9.50. The van der Waals surface area contributed by atoms with Crippen LogP contribution in [0.5, 0.6) is 0 Å². The van der Waals surface area contributed by atoms with Gasteiger partial charge in [0.25, 0.3) is 0 Å². The molecular weight excluding hydrogens is 148 g/mol. The van der Waals surface area contributed by atoms with E-state index in [9.17, 15) is 4.79 Å². The van der Waals surface area contributed by atoms with Crippen LogP contribution < -0.4 is 0 Å². The number of hydrogen-bond acceptors (Lipinski definition) is 1. The topological polar surface area (TPSA) is 17.1 Å². The molecule has 0 spiro atoms. The number of Topliss-reactive ketones (excluding diaryl/α,β-unsaturated/α-hetero) is 1. The molecule has 0 radical (unpaired) electrons. The molecule has 68 valence electrons. The van der Waals surface area contributed by atoms with Crippen LogP contribution in [0.4, 0.5) is 0 Å². The summed E-state index contributed by atoms with van der Waals surface area (Å²) in [6, 6.07) is 0. The molecule has 1 heteroatoms. The van der Waals surface area contributed by atoms with E-state index in [1.807, 2.05) is 6.08 Å². The lowest BCUT2D eigenvalue weighted by Gasteiger charge is -2.26. The van der Waals surface area contributed by atoms with E-state index in [2.05, 4.69) is 6.58 Å². The van der Waals surface area contributed by atoms with Crippen LogP contribution >= 0.6 is 0 Å². The van der Waals surface area contributed by atoms with E-state index in [1.54, 1.807) is 6.92 Å². The number of rotatable bonds is 3. The molecule has 0 heterocycles. The number of allylic oxidation sites excluding steroid dienone is 1. The van der Waals surface area contributed by atoms with Crippen LogP contribution in [0.3, 0.4) is 0 Å². The molecule has 0 aliphatic heterocycles. The first-order chi connectivity index (χ1) is 5.75. The van der Waals surface area contributed by atoms with E-state index < -0.39 is 0 Å². The summed E-state index contributed by atoms with van der Waals surface area (Å²) in [6.45, 7) is 5.42. The number of carbonyl (C=O) groups excluding carboxylic acids is 1. The van der Waals surface area contributed by atoms with Crippen molar-refractivity contribution in [3.05, 3.63) is 12.7 Å². The van der Waals surface area contributed by atoms with Gasteiger partial charge in [-0.15, -0.1) is 6.58 Å². The predicted octanol–water partition coefficient (Wildman–Crippen LogP) is 2.96. The fourth-order valence-electron chi connectivity index (χ4n) is 2.18. The van der Waals surface area contributed by atoms with Gasteiger partial charge in [-0.1, -0.05) is 25.3 Å². The molecule has 0 saturated heterocycles. The third-order valence-corrected chi connectivity index (χ3v) is 2.88. The van der Waals surface area contributed by atoms with Gasteiger partial charge in [0, 0.05) is 5.92 Å². The second-order valence-electron chi connectivity index (χ2n) is 3.77. The molecule has 0 unspecified atom stereocenters. The molecule has 1 nitrogen and oxygen atoms in total. The van der Waals surface area contributed by atoms with Crippen molar-refractivity contribution in [2.75, 3.05) is 0 Å². The molecule has 1 fully saturated rings. The van der Waals surface area contributed by atoms with Crippen LogP contribution in [0, 0.1) is 11.8 Å². The summed E-state index contributed by atoms with van der Waals surface area (Å²) in [6.07, 6.45) is 8.20. The Hall–Kier alpha value is -0.590. The van der Waals surface area contributed by atoms with E-state index in [4.69, 9.17) is 0 Å². The zero-order valence-corrected chi connectivity index (χ0v) is 7.88. The second kappa shape index (κ2) is 4.44. The molecule has 0 aromatic heterocycles. The van der Waals surface area contributed by atoms with E-state index in [0.717, 1.165) is 0 Å². The van der Waals surface area contributed by atoms with Gasteiger partial charge >= 0.3 is 0 Å². The zero-order valence-electron chi connectivity index (χ0n) is 7.88. The van der Waals surface area contributed by atoms with Crippen LogP contribution in [0.25, 0.3) is 0 Å². The fraction of sp³-hybridized carbons (Fsp3) is 0.727. The first-order valence-electron chi connectivity index (χ1n) is 4.88. The molecule has 1 saturated carbocycles. The Morgan fingerprint density at radius 1 is 1.42 bits per heavy atom. The van der Waals surface area contributed by atoms with Crippen molar-refractivity contribution >= 4 is 5.78 Å². The van der Waals surface area contributed by atoms with Crippen molar-refractivity contribution in [2.24, 2.45) is 11.8 Å². The van der Waals surface area contributed by atoms with Gasteiger partial charge in [-0.2, -0.15) is 0 Å². The van der Waals surface area contributed by atoms with E-state index in [0.29, 0.717) is 5.92 Å². The maximum absolute atomic E-state index is 11.2. The summed E-state index contributed by atoms with van der Waals surface area (Å²) in [7, 11) is 0. The van der Waals surface area contributed by atoms with Crippen molar-refractivity contribution in [1.29, 1.82) is 0 Å². The first-order valence-corrected chi connectivity index (χ1v) is 4.88. The fourth-order valence-corrected chi connectivity index (χ4v) is 2.18. The minimum atomic E-state index is 0.130. The van der Waals surface area contributed by atoms with Crippen LogP contribution in [-0.4, -0.2) is 5.78 Å². The monoisotopic (exact) mass is 166 g/mol. The summed E-state index contributed by atoms with van der Waals surface area (Å²) in [5, 5.41) is 0. The largest absolute Gasteiger partial charge is 0.299 e. The highest BCUT2D eigenvalue weighted by molar-refractivity contribution is 5.80. The minimum Gasteiger partial charge on any atom is -0.299 e. The maximum atomic E-state index is 11.2. The van der Waals surface area contributed by atoms with Crippen molar-refractivity contribution in [3.8, 4) is 0 Å². The number of hydrogen-bond donors (Lipinski definition) is 0. The van der Waals surface area contributed by atoms with Gasteiger partial charge in [0.2, 0.25) is 0 Å². The molecule has 0 bridgehead atoms. The summed E-state index contributed by atoms with van der Waals surface area (Å²) < 4.78 is 0. The highest BCUT2D eigenvalue weighted by atomic mass is 16.1. The predicted molar refractivity (Wildman–Crippen MR) is 50.9 cm³/mol. The maximum Gasteiger partial charge on any atom is 0.136 e. The van der Waals surface area contributed by atoms with Gasteiger partial charge in [0.15, 0.2) is 0 Å². The standard InChI is InChI=1S/C11H18O/c1-3-11(9(2)12)10-7-5-4-6-8-10/h3,10-11H,1,4-8H2,2H3/t11-/m1/s1. The van der Waals surface area contributed by atoms with Crippen LogP contribution in [0.1, 0.15) is 39.0 Å². The Kier molecular flexibility index (Phi) is 3.51. The Balaban J connectivity index is 2.51. The van der Waals surface area contributed by atoms with Crippen molar-refractivity contribution in [2.45, 2.75) is 39.0 Å². The third-order valence-electron chi connectivity index (χ3n) is 2.88. The molecular formula is C11H18O. The molecule has 1 atom stereocenters. The molecule has 1 aliphatic rings. The van der Waals surface area contributed by atoms with Crippen LogP contribution in [0.15, 0.2) is 12.7 Å². The average molecular weight is 166 g/mol. The van der Waals surface area contributed by atoms with Crippen molar-refractivity contribution in [1.82, 2.24) is 0 Å². The summed E-state index contributed by atoms with van der Waals surface area (Å²) in [5.74, 6) is 1.01. The van der Waals surface area contributed by atoms with Crippen LogP contribution in [-0.2, 0) is 4.79 Å². The molecule has 0 N–H and O–H groups in total. The molecule has 12 heavy (non-hydrogen) atoms. The Morgan fingerprint density at radius 2 is 2.00 bits per heavy atom.